The number of nitrogens with one attached hydrogen (secondary N) is 4. The first kappa shape index (κ1) is 54.7. The van der Waals surface area contributed by atoms with Crippen LogP contribution in [0.2, 0.25) is 0 Å². The summed E-state index contributed by atoms with van der Waals surface area (Å²) in [6.07, 6.45) is 13.2. The summed E-state index contributed by atoms with van der Waals surface area (Å²) in [5, 5.41) is 7.95. The molecule has 2 amide bonds. The molecule has 0 bridgehead atoms. The standard InChI is InChI=1S/C56H66F2N10O8S2/c1-9-33-23-55(24-33)49-39-19-37(41(57)21-43(39)61-29-47(49)67(6)53(55)69)35-17-46(66-78(8,73)74)52(64-27-35)76-16-13-60-32(5)11-14-68-48-30-62-44-22-42(58)38(20-40(44)50(48)56(54(68)70)25-34(10-2)26-56)36-18-45(65-77(7,71)72)51(63-28-36)75-15-12-59-31(3)4/h17-22,27-34,59-60,65-66H,9-16,23-26H2,1-8H3/t32?,33-,34-,55-,56+. The molecule has 4 aromatic heterocycles. The van der Waals surface area contributed by atoms with Gasteiger partial charge in [0.1, 0.15) is 36.2 Å². The molecule has 2 aromatic carbocycles. The normalized spacial score (nSPS) is 21.1. The Morgan fingerprint density at radius 1 is 0.654 bits per heavy atom. The van der Waals surface area contributed by atoms with Gasteiger partial charge in [0.2, 0.25) is 43.6 Å². The Morgan fingerprint density at radius 3 is 1.59 bits per heavy atom. The van der Waals surface area contributed by atoms with Gasteiger partial charge in [0.15, 0.2) is 0 Å². The number of sulfonamides is 2. The molecule has 22 heteroatoms. The van der Waals surface area contributed by atoms with Crippen molar-refractivity contribution < 1.29 is 44.7 Å². The van der Waals surface area contributed by atoms with E-state index in [4.69, 9.17) is 9.47 Å². The van der Waals surface area contributed by atoms with Crippen LogP contribution in [0, 0.1) is 23.5 Å². The third-order valence-corrected chi connectivity index (χ3v) is 17.2. The van der Waals surface area contributed by atoms with E-state index in [0.717, 1.165) is 36.5 Å². The Labute approximate surface area is 453 Å². The Bertz CT molecular complexity index is 3610. The summed E-state index contributed by atoms with van der Waals surface area (Å²) < 4.78 is 99.2. The highest BCUT2D eigenvalue weighted by atomic mass is 32.2. The number of fused-ring (bicyclic) bond motifs is 8. The van der Waals surface area contributed by atoms with Crippen molar-refractivity contribution in [3.05, 3.63) is 83.9 Å². The average molecular weight is 1110 g/mol. The van der Waals surface area contributed by atoms with E-state index >= 15 is 8.78 Å². The zero-order chi connectivity index (χ0) is 55.6. The van der Waals surface area contributed by atoms with Gasteiger partial charge in [-0.25, -0.2) is 35.6 Å². The molecule has 414 valence electrons. The number of carbonyl (C=O) groups is 2. The van der Waals surface area contributed by atoms with Gasteiger partial charge in [0.25, 0.3) is 0 Å². The molecule has 78 heavy (non-hydrogen) atoms. The molecule has 2 aliphatic heterocycles. The topological polar surface area (TPSA) is 227 Å². The Balaban J connectivity index is 0.849. The third-order valence-electron chi connectivity index (χ3n) is 16.0. The highest BCUT2D eigenvalue weighted by Gasteiger charge is 2.59. The minimum absolute atomic E-state index is 0.00857. The van der Waals surface area contributed by atoms with E-state index in [1.54, 1.807) is 41.4 Å². The highest BCUT2D eigenvalue weighted by molar-refractivity contribution is 7.92. The molecular formula is C56H66F2N10O8S2. The molecule has 6 heterocycles. The van der Waals surface area contributed by atoms with Crippen molar-refractivity contribution in [3.63, 3.8) is 0 Å². The number of likely N-dealkylation sites (N-methyl/N-ethyl adjacent to an activating group) is 1. The lowest BCUT2D eigenvalue weighted by Gasteiger charge is -2.44. The summed E-state index contributed by atoms with van der Waals surface area (Å²) in [6, 6.07) is 9.11. The molecule has 18 nitrogen and oxygen atoms in total. The maximum Gasteiger partial charge on any atom is 0.238 e. The zero-order valence-electron chi connectivity index (χ0n) is 45.1. The quantitative estimate of drug-likeness (QED) is 0.0499. The first-order chi connectivity index (χ1) is 37.0. The lowest BCUT2D eigenvalue weighted by Crippen LogP contribution is -2.50. The van der Waals surface area contributed by atoms with Crippen LogP contribution in [0.25, 0.3) is 44.1 Å². The second-order valence-electron chi connectivity index (χ2n) is 21.9. The number of pyridine rings is 4. The number of hydrogen-bond donors (Lipinski definition) is 4. The third kappa shape index (κ3) is 10.2. The van der Waals surface area contributed by atoms with Crippen LogP contribution >= 0.6 is 0 Å². The minimum atomic E-state index is -3.84. The Morgan fingerprint density at radius 2 is 1.12 bits per heavy atom. The number of aromatic nitrogens is 4. The van der Waals surface area contributed by atoms with E-state index < -0.39 is 42.5 Å². The monoisotopic (exact) mass is 1110 g/mol. The van der Waals surface area contributed by atoms with Gasteiger partial charge < -0.3 is 29.9 Å². The number of rotatable bonds is 21. The largest absolute Gasteiger partial charge is 0.475 e. The van der Waals surface area contributed by atoms with E-state index in [-0.39, 0.29) is 71.4 Å². The smallest absolute Gasteiger partial charge is 0.238 e. The van der Waals surface area contributed by atoms with Crippen LogP contribution in [0.5, 0.6) is 11.8 Å². The van der Waals surface area contributed by atoms with Gasteiger partial charge in [-0.05, 0) is 75.1 Å². The molecule has 6 aromatic rings. The second-order valence-corrected chi connectivity index (χ2v) is 25.4. The van der Waals surface area contributed by atoms with Gasteiger partial charge in [-0.15, -0.1) is 0 Å². The molecule has 10 rings (SSSR count). The van der Waals surface area contributed by atoms with Crippen LogP contribution in [0.3, 0.4) is 0 Å². The number of nitrogens with zero attached hydrogens (tertiary/aromatic N) is 6. The summed E-state index contributed by atoms with van der Waals surface area (Å²) in [5.74, 6) is -0.442. The Kier molecular flexibility index (Phi) is 14.6. The van der Waals surface area contributed by atoms with Crippen molar-refractivity contribution >= 4 is 76.4 Å². The van der Waals surface area contributed by atoms with Gasteiger partial charge >= 0.3 is 0 Å². The van der Waals surface area contributed by atoms with Gasteiger partial charge in [0, 0.05) is 107 Å². The second kappa shape index (κ2) is 20.9. The molecule has 2 spiro atoms. The van der Waals surface area contributed by atoms with E-state index in [2.05, 4.69) is 53.9 Å². The predicted molar refractivity (Wildman–Crippen MR) is 298 cm³/mol. The van der Waals surface area contributed by atoms with E-state index in [9.17, 15) is 26.4 Å². The van der Waals surface area contributed by atoms with Crippen molar-refractivity contribution in [1.29, 1.82) is 0 Å². The van der Waals surface area contributed by atoms with Crippen LogP contribution in [0.1, 0.15) is 90.7 Å². The lowest BCUT2D eigenvalue weighted by molar-refractivity contribution is -0.128. The molecule has 2 aliphatic carbocycles. The highest BCUT2D eigenvalue weighted by Crippen LogP contribution is 2.60. The van der Waals surface area contributed by atoms with Crippen molar-refractivity contribution in [2.45, 2.75) is 102 Å². The molecule has 0 radical (unpaired) electrons. The van der Waals surface area contributed by atoms with Crippen molar-refractivity contribution in [3.8, 4) is 34.0 Å². The summed E-state index contributed by atoms with van der Waals surface area (Å²) in [4.78, 5) is 49.9. The SMILES string of the molecule is CC[C@H]1C[C@@]2(C1)C(=O)N(C)c1cnc3cc(F)c(-c4cnc(OCCNC(C)CCN5c6cnc7cc(F)c(-c8cnc(OCCNC(C)C)c(NS(C)(=O)=O)c8)cc7c6[C@]6(C[C@H](CC)C6)C5=O)c(NS(C)(=O)=O)c4)cc3c12. The van der Waals surface area contributed by atoms with E-state index in [0.29, 0.717) is 108 Å². The summed E-state index contributed by atoms with van der Waals surface area (Å²) in [6.45, 7) is 11.6. The summed E-state index contributed by atoms with van der Waals surface area (Å²) in [5.41, 5.74) is 3.28. The fourth-order valence-electron chi connectivity index (χ4n) is 12.1. The van der Waals surface area contributed by atoms with Gasteiger partial charge in [0.05, 0.1) is 58.1 Å². The first-order valence-corrected chi connectivity index (χ1v) is 30.4. The molecule has 2 saturated carbocycles. The summed E-state index contributed by atoms with van der Waals surface area (Å²) >= 11 is 0. The maximum absolute atomic E-state index is 16.2. The molecular weight excluding hydrogens is 1040 g/mol. The average Bonchev–Trinajstić information content (AvgIpc) is 4.00. The number of halogens is 2. The number of hydrogen-bond acceptors (Lipinski definition) is 14. The molecule has 1 atom stereocenters. The van der Waals surface area contributed by atoms with Crippen molar-refractivity contribution in [2.24, 2.45) is 11.8 Å². The molecule has 0 saturated heterocycles. The number of anilines is 4. The molecule has 4 N–H and O–H groups in total. The van der Waals surface area contributed by atoms with Gasteiger partial charge in [-0.1, -0.05) is 40.5 Å². The Hall–Kier alpha value is -6.62. The lowest BCUT2D eigenvalue weighted by atomic mass is 9.58. The van der Waals surface area contributed by atoms with E-state index in [1.165, 1.54) is 36.7 Å². The first-order valence-electron chi connectivity index (χ1n) is 26.6. The fourth-order valence-corrected chi connectivity index (χ4v) is 13.2. The summed E-state index contributed by atoms with van der Waals surface area (Å²) in [7, 11) is -5.87. The van der Waals surface area contributed by atoms with Gasteiger partial charge in [-0.2, -0.15) is 0 Å². The molecule has 1 unspecified atom stereocenters. The minimum Gasteiger partial charge on any atom is -0.475 e. The number of benzene rings is 2. The van der Waals surface area contributed by atoms with Crippen molar-refractivity contribution in [2.75, 3.05) is 71.7 Å². The van der Waals surface area contributed by atoms with Crippen LogP contribution in [-0.2, 0) is 40.5 Å². The van der Waals surface area contributed by atoms with Crippen LogP contribution in [0.4, 0.5) is 31.5 Å². The number of amides is 2. The van der Waals surface area contributed by atoms with Crippen LogP contribution < -0.4 is 39.4 Å². The molecule has 2 fully saturated rings. The van der Waals surface area contributed by atoms with E-state index in [1.807, 2.05) is 20.8 Å². The fraction of sp³-hybridized carbons (Fsp3) is 0.464. The van der Waals surface area contributed by atoms with Crippen molar-refractivity contribution in [1.82, 2.24) is 30.6 Å². The predicted octanol–water partition coefficient (Wildman–Crippen LogP) is 8.19. The van der Waals surface area contributed by atoms with Crippen LogP contribution in [0.15, 0.2) is 61.2 Å². The molecule has 4 aliphatic rings. The number of carbonyl (C=O) groups excluding carboxylic acids is 2. The van der Waals surface area contributed by atoms with Gasteiger partial charge in [-0.3, -0.25) is 29.0 Å². The zero-order valence-corrected chi connectivity index (χ0v) is 46.7. The maximum atomic E-state index is 16.2. The van der Waals surface area contributed by atoms with Crippen LogP contribution in [-0.4, -0.2) is 113 Å². The number of ether oxygens (including phenoxy) is 2.